The van der Waals surface area contributed by atoms with Crippen LogP contribution < -0.4 is 15.5 Å². The highest BCUT2D eigenvalue weighted by Crippen LogP contribution is 2.22. The molecule has 2 aromatic heterocycles. The molecule has 0 radical (unpaired) electrons. The van der Waals surface area contributed by atoms with Crippen molar-refractivity contribution in [1.29, 1.82) is 0 Å². The average Bonchev–Trinajstić information content (AvgIpc) is 3.41. The molecule has 10 nitrogen and oxygen atoms in total. The van der Waals surface area contributed by atoms with Crippen LogP contribution in [0.25, 0.3) is 17.3 Å². The maximum absolute atomic E-state index is 12.3. The van der Waals surface area contributed by atoms with Gasteiger partial charge in [-0.1, -0.05) is 11.6 Å². The first-order chi connectivity index (χ1) is 16.6. The van der Waals surface area contributed by atoms with E-state index in [-0.39, 0.29) is 6.03 Å². The molecule has 11 heteroatoms. The van der Waals surface area contributed by atoms with E-state index in [0.717, 1.165) is 5.56 Å². The third kappa shape index (κ3) is 5.13. The van der Waals surface area contributed by atoms with E-state index < -0.39 is 0 Å². The number of carbonyl (C=O) groups excluding carboxylic acids is 1. The Balaban J connectivity index is 1.36. The summed E-state index contributed by atoms with van der Waals surface area (Å²) in [4.78, 5) is 28.3. The van der Waals surface area contributed by atoms with Crippen molar-refractivity contribution in [3.05, 3.63) is 72.0 Å². The number of rotatable bonds is 5. The number of benzene rings is 2. The van der Waals surface area contributed by atoms with Crippen molar-refractivity contribution < 1.29 is 9.53 Å². The van der Waals surface area contributed by atoms with Gasteiger partial charge in [0.25, 0.3) is 5.95 Å². The SMILES string of the molecule is O=C(Nc1ccc(Cl)cc1)Nc1ccc(-c2nc(N3CCOCC3)nc(-n3cccn3)n2)cc1. The quantitative estimate of drug-likeness (QED) is 0.450. The van der Waals surface area contributed by atoms with Gasteiger partial charge in [-0.05, 0) is 54.6 Å². The Morgan fingerprint density at radius 1 is 0.882 bits per heavy atom. The normalized spacial score (nSPS) is 13.5. The van der Waals surface area contributed by atoms with Crippen molar-refractivity contribution in [3.63, 3.8) is 0 Å². The van der Waals surface area contributed by atoms with E-state index in [1.165, 1.54) is 0 Å². The summed E-state index contributed by atoms with van der Waals surface area (Å²) in [6.45, 7) is 2.65. The zero-order chi connectivity index (χ0) is 23.3. The number of hydrogen-bond donors (Lipinski definition) is 2. The molecule has 3 heterocycles. The molecule has 172 valence electrons. The lowest BCUT2D eigenvalue weighted by atomic mass is 10.2. The van der Waals surface area contributed by atoms with E-state index in [4.69, 9.17) is 16.3 Å². The van der Waals surface area contributed by atoms with Gasteiger partial charge in [-0.2, -0.15) is 20.1 Å². The molecule has 2 N–H and O–H groups in total. The van der Waals surface area contributed by atoms with Crippen molar-refractivity contribution in [2.24, 2.45) is 0 Å². The Kier molecular flexibility index (Phi) is 6.32. The van der Waals surface area contributed by atoms with Gasteiger partial charge in [0.1, 0.15) is 0 Å². The predicted molar refractivity (Wildman–Crippen MR) is 130 cm³/mol. The smallest absolute Gasteiger partial charge is 0.323 e. The Bertz CT molecular complexity index is 1260. The highest BCUT2D eigenvalue weighted by molar-refractivity contribution is 6.30. The number of nitrogens with one attached hydrogen (secondary N) is 2. The summed E-state index contributed by atoms with van der Waals surface area (Å²) in [6, 6.07) is 15.6. The summed E-state index contributed by atoms with van der Waals surface area (Å²) in [6.07, 6.45) is 3.46. The van der Waals surface area contributed by atoms with Crippen molar-refractivity contribution in [1.82, 2.24) is 24.7 Å². The first-order valence-corrected chi connectivity index (χ1v) is 11.0. The molecule has 0 bridgehead atoms. The zero-order valence-electron chi connectivity index (χ0n) is 18.1. The highest BCUT2D eigenvalue weighted by Gasteiger charge is 2.18. The molecule has 2 aromatic carbocycles. The molecular formula is C23H21ClN8O2. The fourth-order valence-electron chi connectivity index (χ4n) is 3.41. The monoisotopic (exact) mass is 476 g/mol. The Morgan fingerprint density at radius 2 is 1.53 bits per heavy atom. The molecule has 0 spiro atoms. The predicted octanol–water partition coefficient (Wildman–Crippen LogP) is 3.86. The lowest BCUT2D eigenvalue weighted by Gasteiger charge is -2.27. The van der Waals surface area contributed by atoms with Crippen LogP contribution in [-0.2, 0) is 4.74 Å². The van der Waals surface area contributed by atoms with E-state index in [0.29, 0.717) is 60.4 Å². The number of amides is 2. The number of carbonyl (C=O) groups is 1. The van der Waals surface area contributed by atoms with Gasteiger partial charge in [0, 0.05) is 47.4 Å². The third-order valence-electron chi connectivity index (χ3n) is 5.12. The minimum absolute atomic E-state index is 0.356. The van der Waals surface area contributed by atoms with Crippen LogP contribution in [0, 0.1) is 0 Å². The second-order valence-electron chi connectivity index (χ2n) is 7.47. The van der Waals surface area contributed by atoms with Crippen LogP contribution in [0.4, 0.5) is 22.1 Å². The molecular weight excluding hydrogens is 456 g/mol. The van der Waals surface area contributed by atoms with Crippen LogP contribution in [0.3, 0.4) is 0 Å². The molecule has 0 atom stereocenters. The zero-order valence-corrected chi connectivity index (χ0v) is 18.8. The number of urea groups is 1. The second-order valence-corrected chi connectivity index (χ2v) is 7.91. The van der Waals surface area contributed by atoms with Crippen LogP contribution in [-0.4, -0.2) is 57.1 Å². The number of aromatic nitrogens is 5. The van der Waals surface area contributed by atoms with Crippen LogP contribution in [0.15, 0.2) is 67.0 Å². The molecule has 0 unspecified atom stereocenters. The summed E-state index contributed by atoms with van der Waals surface area (Å²) in [5, 5.41) is 10.4. The molecule has 2 amide bonds. The number of ether oxygens (including phenoxy) is 1. The van der Waals surface area contributed by atoms with Crippen LogP contribution in [0.2, 0.25) is 5.02 Å². The lowest BCUT2D eigenvalue weighted by molar-refractivity contribution is 0.122. The molecule has 34 heavy (non-hydrogen) atoms. The van der Waals surface area contributed by atoms with Crippen molar-refractivity contribution in [2.45, 2.75) is 0 Å². The maximum Gasteiger partial charge on any atom is 0.323 e. The number of halogens is 1. The summed E-state index contributed by atoms with van der Waals surface area (Å²) >= 11 is 5.88. The minimum atomic E-state index is -0.356. The summed E-state index contributed by atoms with van der Waals surface area (Å²) < 4.78 is 7.05. The number of morpholine rings is 1. The van der Waals surface area contributed by atoms with Crippen LogP contribution >= 0.6 is 11.6 Å². The summed E-state index contributed by atoms with van der Waals surface area (Å²) in [7, 11) is 0. The molecule has 0 aliphatic carbocycles. The Morgan fingerprint density at radius 3 is 2.18 bits per heavy atom. The van der Waals surface area contributed by atoms with Gasteiger partial charge in [0.15, 0.2) is 5.82 Å². The van der Waals surface area contributed by atoms with E-state index >= 15 is 0 Å². The largest absolute Gasteiger partial charge is 0.378 e. The Labute approximate surface area is 200 Å². The van der Waals surface area contributed by atoms with Gasteiger partial charge in [-0.15, -0.1) is 0 Å². The van der Waals surface area contributed by atoms with Gasteiger partial charge >= 0.3 is 6.03 Å². The standard InChI is InChI=1S/C23H21ClN8O2/c24-17-4-8-19(9-5-17)27-23(33)26-18-6-2-16(3-7-18)20-28-21(31-12-14-34-15-13-31)30-22(29-20)32-11-1-10-25-32/h1-11H,12-15H2,(H2,26,27,33). The van der Waals surface area contributed by atoms with E-state index in [2.05, 4.69) is 35.6 Å². The molecule has 0 saturated carbocycles. The van der Waals surface area contributed by atoms with Gasteiger partial charge in [0.05, 0.1) is 13.2 Å². The van der Waals surface area contributed by atoms with Crippen molar-refractivity contribution in [3.8, 4) is 17.3 Å². The molecule has 1 saturated heterocycles. The number of nitrogens with zero attached hydrogens (tertiary/aromatic N) is 6. The molecule has 4 aromatic rings. The van der Waals surface area contributed by atoms with Crippen LogP contribution in [0.5, 0.6) is 0 Å². The topological polar surface area (TPSA) is 110 Å². The fraction of sp³-hybridized carbons (Fsp3) is 0.174. The maximum atomic E-state index is 12.3. The van der Waals surface area contributed by atoms with Gasteiger partial charge in [0.2, 0.25) is 5.95 Å². The van der Waals surface area contributed by atoms with Gasteiger partial charge in [-0.3, -0.25) is 0 Å². The van der Waals surface area contributed by atoms with E-state index in [1.807, 2.05) is 18.2 Å². The van der Waals surface area contributed by atoms with Crippen molar-refractivity contribution >= 4 is 35.0 Å². The van der Waals surface area contributed by atoms with Crippen molar-refractivity contribution in [2.75, 3.05) is 41.8 Å². The fourth-order valence-corrected chi connectivity index (χ4v) is 3.53. The molecule has 1 fully saturated rings. The third-order valence-corrected chi connectivity index (χ3v) is 5.37. The summed E-state index contributed by atoms with van der Waals surface area (Å²) in [5.41, 5.74) is 2.06. The van der Waals surface area contributed by atoms with E-state index in [1.54, 1.807) is 53.5 Å². The van der Waals surface area contributed by atoms with Gasteiger partial charge < -0.3 is 20.3 Å². The molecule has 1 aliphatic heterocycles. The van der Waals surface area contributed by atoms with E-state index in [9.17, 15) is 4.79 Å². The molecule has 1 aliphatic rings. The molecule has 5 rings (SSSR count). The lowest BCUT2D eigenvalue weighted by Crippen LogP contribution is -2.37. The first kappa shape index (κ1) is 21.8. The minimum Gasteiger partial charge on any atom is -0.378 e. The Hall–Kier alpha value is -4.02. The first-order valence-electron chi connectivity index (χ1n) is 10.7. The average molecular weight is 477 g/mol. The number of anilines is 3. The van der Waals surface area contributed by atoms with Gasteiger partial charge in [-0.25, -0.2) is 9.48 Å². The van der Waals surface area contributed by atoms with Crippen LogP contribution in [0.1, 0.15) is 0 Å². The summed E-state index contributed by atoms with van der Waals surface area (Å²) in [5.74, 6) is 1.52. The highest BCUT2D eigenvalue weighted by atomic mass is 35.5. The second kappa shape index (κ2) is 9.86. The number of hydrogen-bond acceptors (Lipinski definition) is 7.